The van der Waals surface area contributed by atoms with Crippen LogP contribution in [-0.2, 0) is 21.7 Å². The number of aromatic hydroxyl groups is 1. The van der Waals surface area contributed by atoms with Gasteiger partial charge in [-0.25, -0.2) is 0 Å². The first kappa shape index (κ1) is 16.3. The zero-order chi connectivity index (χ0) is 18.0. The molecule has 7 heteroatoms. The molecule has 1 unspecified atom stereocenters. The highest BCUT2D eigenvalue weighted by atomic mass is 17.0. The van der Waals surface area contributed by atoms with Gasteiger partial charge in [0, 0.05) is 11.8 Å². The number of benzene rings is 1. The van der Waals surface area contributed by atoms with Crippen LogP contribution in [0.2, 0.25) is 0 Å². The minimum atomic E-state index is -1.52. The number of phenols is 1. The summed E-state index contributed by atoms with van der Waals surface area (Å²) >= 11 is 0. The zero-order valence-corrected chi connectivity index (χ0v) is 14.0. The molecule has 0 bridgehead atoms. The van der Waals surface area contributed by atoms with Gasteiger partial charge >= 0.3 is 0 Å². The fraction of sp³-hybridized carbons (Fsp3) is 0.611. The Hall–Kier alpha value is -2.15. The fourth-order valence-electron chi connectivity index (χ4n) is 5.60. The molecule has 134 valence electrons. The highest BCUT2D eigenvalue weighted by Crippen LogP contribution is 2.61. The summed E-state index contributed by atoms with van der Waals surface area (Å²) in [5, 5.41) is 31.6. The molecule has 4 rings (SSSR count). The van der Waals surface area contributed by atoms with E-state index in [4.69, 9.17) is 4.84 Å². The molecule has 2 N–H and O–H groups in total. The SMILES string of the molecule is C[C@]12CC(O[N+](=O)[O-])[C@]3(O)c4ccc(O)cc4CC[C@H]3[C@@H]1CCC2=O. The summed E-state index contributed by atoms with van der Waals surface area (Å²) in [5.41, 5.74) is -0.853. The molecule has 3 aliphatic rings. The van der Waals surface area contributed by atoms with Crippen LogP contribution in [-0.4, -0.2) is 27.2 Å². The second-order valence-electron chi connectivity index (χ2n) is 7.82. The molecule has 2 fully saturated rings. The maximum absolute atomic E-state index is 12.5. The second kappa shape index (κ2) is 5.17. The molecule has 0 spiro atoms. The lowest BCUT2D eigenvalue weighted by Gasteiger charge is -2.55. The number of nitrogens with zero attached hydrogens (tertiary/aromatic N) is 1. The van der Waals surface area contributed by atoms with Gasteiger partial charge in [0.05, 0.1) is 0 Å². The topological polar surface area (TPSA) is 110 Å². The summed E-state index contributed by atoms with van der Waals surface area (Å²) in [5.74, 6) is -0.0875. The number of phenolic OH excluding ortho intramolecular Hbond substituents is 1. The molecule has 2 saturated carbocycles. The highest BCUT2D eigenvalue weighted by Gasteiger charge is 2.65. The van der Waals surface area contributed by atoms with E-state index in [-0.39, 0.29) is 29.8 Å². The number of carbonyl (C=O) groups is 1. The Bertz CT molecular complexity index is 764. The average molecular weight is 347 g/mol. The average Bonchev–Trinajstić information content (AvgIpc) is 2.82. The molecular formula is C18H21NO6. The summed E-state index contributed by atoms with van der Waals surface area (Å²) in [6.45, 7) is 1.86. The first-order valence-corrected chi connectivity index (χ1v) is 8.66. The molecule has 5 atom stereocenters. The lowest BCUT2D eigenvalue weighted by Crippen LogP contribution is -2.61. The Labute approximate surface area is 144 Å². The molecule has 0 aliphatic heterocycles. The van der Waals surface area contributed by atoms with Crippen molar-refractivity contribution in [3.05, 3.63) is 39.4 Å². The number of aryl methyl sites for hydroxylation is 1. The summed E-state index contributed by atoms with van der Waals surface area (Å²) < 4.78 is 0. The monoisotopic (exact) mass is 347 g/mol. The highest BCUT2D eigenvalue weighted by molar-refractivity contribution is 5.87. The van der Waals surface area contributed by atoms with E-state index in [0.717, 1.165) is 5.56 Å². The summed E-state index contributed by atoms with van der Waals surface area (Å²) in [6, 6.07) is 4.71. The first-order valence-electron chi connectivity index (χ1n) is 8.66. The first-order chi connectivity index (χ1) is 11.8. The van der Waals surface area contributed by atoms with Gasteiger partial charge in [0.25, 0.3) is 5.09 Å². The third kappa shape index (κ3) is 2.11. The Morgan fingerprint density at radius 1 is 1.28 bits per heavy atom. The predicted octanol–water partition coefficient (Wildman–Crippen LogP) is 2.11. The number of ketones is 1. The Kier molecular flexibility index (Phi) is 3.38. The smallest absolute Gasteiger partial charge is 0.294 e. The maximum Gasteiger partial charge on any atom is 0.294 e. The quantitative estimate of drug-likeness (QED) is 0.626. The molecular weight excluding hydrogens is 326 g/mol. The molecule has 1 aromatic carbocycles. The number of Topliss-reactive ketones (excluding diaryl/α,β-unsaturated/α-hetero) is 1. The van der Waals surface area contributed by atoms with Gasteiger partial charge in [-0.15, -0.1) is 10.1 Å². The van der Waals surface area contributed by atoms with Crippen molar-refractivity contribution < 1.29 is 24.9 Å². The lowest BCUT2D eigenvalue weighted by molar-refractivity contribution is -0.775. The van der Waals surface area contributed by atoms with Crippen molar-refractivity contribution in [1.29, 1.82) is 0 Å². The van der Waals surface area contributed by atoms with E-state index in [2.05, 4.69) is 0 Å². The van der Waals surface area contributed by atoms with E-state index in [1.54, 1.807) is 12.1 Å². The summed E-state index contributed by atoms with van der Waals surface area (Å²) in [6.07, 6.45) is 1.44. The van der Waals surface area contributed by atoms with Crippen LogP contribution in [0.25, 0.3) is 0 Å². The lowest BCUT2D eigenvalue weighted by atomic mass is 9.52. The molecule has 0 saturated heterocycles. The van der Waals surface area contributed by atoms with Crippen molar-refractivity contribution in [2.24, 2.45) is 17.3 Å². The largest absolute Gasteiger partial charge is 0.508 e. The van der Waals surface area contributed by atoms with E-state index in [0.29, 0.717) is 31.2 Å². The van der Waals surface area contributed by atoms with Gasteiger partial charge in [0.2, 0.25) is 0 Å². The van der Waals surface area contributed by atoms with Crippen LogP contribution in [0.4, 0.5) is 0 Å². The van der Waals surface area contributed by atoms with Crippen molar-refractivity contribution in [2.75, 3.05) is 0 Å². The van der Waals surface area contributed by atoms with Crippen LogP contribution in [0, 0.1) is 27.4 Å². The van der Waals surface area contributed by atoms with E-state index in [9.17, 15) is 25.1 Å². The minimum Gasteiger partial charge on any atom is -0.508 e. The van der Waals surface area contributed by atoms with Crippen LogP contribution in [0.3, 0.4) is 0 Å². The van der Waals surface area contributed by atoms with Gasteiger partial charge in [-0.2, -0.15) is 0 Å². The third-order valence-corrected chi connectivity index (χ3v) is 6.75. The van der Waals surface area contributed by atoms with Crippen LogP contribution in [0.5, 0.6) is 5.75 Å². The number of fused-ring (bicyclic) bond motifs is 5. The molecule has 1 aromatic rings. The Morgan fingerprint density at radius 3 is 2.72 bits per heavy atom. The number of rotatable bonds is 2. The van der Waals surface area contributed by atoms with Crippen molar-refractivity contribution in [3.63, 3.8) is 0 Å². The Morgan fingerprint density at radius 2 is 2.00 bits per heavy atom. The van der Waals surface area contributed by atoms with Gasteiger partial charge < -0.3 is 15.1 Å². The van der Waals surface area contributed by atoms with Crippen molar-refractivity contribution in [2.45, 2.75) is 50.7 Å². The van der Waals surface area contributed by atoms with Crippen molar-refractivity contribution in [1.82, 2.24) is 0 Å². The normalized spacial score (nSPS) is 39.3. The van der Waals surface area contributed by atoms with E-state index >= 15 is 0 Å². The predicted molar refractivity (Wildman–Crippen MR) is 86.1 cm³/mol. The molecule has 25 heavy (non-hydrogen) atoms. The standard InChI is InChI=1S/C18H21NO6/c1-17-9-16(25-19(23)24)18(22)12-5-3-11(20)8-10(12)2-4-14(18)13(17)6-7-15(17)21/h3,5,8,13-14,16,20,22H,2,4,6-7,9H2,1H3/t13-,14-,16?,17-,18-/m0/s1. The van der Waals surface area contributed by atoms with Crippen molar-refractivity contribution >= 4 is 5.78 Å². The van der Waals surface area contributed by atoms with E-state index in [1.807, 2.05) is 6.92 Å². The van der Waals surface area contributed by atoms with Crippen LogP contribution >= 0.6 is 0 Å². The summed E-state index contributed by atoms with van der Waals surface area (Å²) in [7, 11) is 0. The molecule has 0 radical (unpaired) electrons. The fourth-order valence-corrected chi connectivity index (χ4v) is 5.60. The second-order valence-corrected chi connectivity index (χ2v) is 7.82. The molecule has 0 heterocycles. The van der Waals surface area contributed by atoms with Gasteiger partial charge in [0.15, 0.2) is 0 Å². The molecule has 7 nitrogen and oxygen atoms in total. The third-order valence-electron chi connectivity index (χ3n) is 6.75. The Balaban J connectivity index is 1.87. The number of hydrogen-bond donors (Lipinski definition) is 2. The molecule has 0 aromatic heterocycles. The van der Waals surface area contributed by atoms with Gasteiger partial charge in [-0.05, 0) is 60.8 Å². The van der Waals surface area contributed by atoms with Crippen LogP contribution < -0.4 is 0 Å². The minimum absolute atomic E-state index is 0.0152. The molecule has 0 amide bonds. The van der Waals surface area contributed by atoms with E-state index in [1.165, 1.54) is 6.07 Å². The summed E-state index contributed by atoms with van der Waals surface area (Å²) in [4.78, 5) is 28.5. The zero-order valence-electron chi connectivity index (χ0n) is 14.0. The van der Waals surface area contributed by atoms with E-state index < -0.39 is 22.2 Å². The van der Waals surface area contributed by atoms with Gasteiger partial charge in [-0.3, -0.25) is 4.79 Å². The number of aliphatic hydroxyl groups is 1. The van der Waals surface area contributed by atoms with Gasteiger partial charge in [-0.1, -0.05) is 13.0 Å². The number of hydrogen-bond acceptors (Lipinski definition) is 6. The number of carbonyl (C=O) groups excluding carboxylic acids is 1. The maximum atomic E-state index is 12.5. The van der Waals surface area contributed by atoms with Crippen molar-refractivity contribution in [3.8, 4) is 5.75 Å². The van der Waals surface area contributed by atoms with Gasteiger partial charge in [0.1, 0.15) is 23.2 Å². The molecule has 3 aliphatic carbocycles. The van der Waals surface area contributed by atoms with Crippen LogP contribution in [0.1, 0.15) is 43.7 Å². The van der Waals surface area contributed by atoms with Crippen LogP contribution in [0.15, 0.2) is 18.2 Å².